The minimum atomic E-state index is -0.269. The monoisotopic (exact) mass is 347 g/mol. The van der Waals surface area contributed by atoms with Crippen LogP contribution in [0.25, 0.3) is 0 Å². The van der Waals surface area contributed by atoms with Crippen molar-refractivity contribution in [3.05, 3.63) is 35.9 Å². The summed E-state index contributed by atoms with van der Waals surface area (Å²) in [5.41, 5.74) is 1.13. The Labute approximate surface area is 116 Å². The maximum Gasteiger partial charge on any atom is 0.324 e. The second kappa shape index (κ2) is 8.47. The molecule has 0 heterocycles. The van der Waals surface area contributed by atoms with Crippen molar-refractivity contribution in [1.82, 2.24) is 3.53 Å². The summed E-state index contributed by atoms with van der Waals surface area (Å²) in [5.74, 6) is -0.170. The Morgan fingerprint density at radius 2 is 2.12 bits per heavy atom. The Kier molecular flexibility index (Phi) is 7.19. The van der Waals surface area contributed by atoms with Crippen LogP contribution >= 0.6 is 22.9 Å². The van der Waals surface area contributed by atoms with Crippen LogP contribution in [-0.4, -0.2) is 18.6 Å². The highest BCUT2D eigenvalue weighted by atomic mass is 127. The number of benzene rings is 1. The summed E-state index contributed by atoms with van der Waals surface area (Å²) in [4.78, 5) is 11.8. The molecule has 1 N–H and O–H groups in total. The van der Waals surface area contributed by atoms with E-state index >= 15 is 0 Å². The lowest BCUT2D eigenvalue weighted by Gasteiger charge is -2.14. The third kappa shape index (κ3) is 5.50. The number of ether oxygens (including phenoxy) is 1. The van der Waals surface area contributed by atoms with Crippen LogP contribution in [0.4, 0.5) is 0 Å². The second-order valence-electron chi connectivity index (χ2n) is 3.87. The van der Waals surface area contributed by atoms with Crippen LogP contribution in [0.15, 0.2) is 30.3 Å². The summed E-state index contributed by atoms with van der Waals surface area (Å²) < 4.78 is 8.17. The van der Waals surface area contributed by atoms with Gasteiger partial charge in [0.25, 0.3) is 0 Å². The van der Waals surface area contributed by atoms with Crippen molar-refractivity contribution in [2.24, 2.45) is 0 Å². The van der Waals surface area contributed by atoms with Gasteiger partial charge in [-0.3, -0.25) is 4.79 Å². The molecule has 0 radical (unpaired) electrons. The molecule has 1 atom stereocenters. The van der Waals surface area contributed by atoms with E-state index in [2.05, 4.69) is 10.5 Å². The largest absolute Gasteiger partial charge is 0.465 e. The summed E-state index contributed by atoms with van der Waals surface area (Å²) in [7, 11) is 0. The molecule has 0 aliphatic carbocycles. The third-order valence-corrected chi connectivity index (χ3v) is 3.19. The van der Waals surface area contributed by atoms with Crippen molar-refractivity contribution in [3.63, 3.8) is 0 Å². The van der Waals surface area contributed by atoms with E-state index in [0.717, 1.165) is 18.4 Å². The van der Waals surface area contributed by atoms with Crippen LogP contribution in [0, 0.1) is 0 Å². The van der Waals surface area contributed by atoms with Crippen molar-refractivity contribution in [1.29, 1.82) is 0 Å². The smallest absolute Gasteiger partial charge is 0.324 e. The van der Waals surface area contributed by atoms with Crippen molar-refractivity contribution >= 4 is 28.8 Å². The zero-order chi connectivity index (χ0) is 12.5. The summed E-state index contributed by atoms with van der Waals surface area (Å²) >= 11 is 2.00. The molecule has 0 amide bonds. The zero-order valence-electron chi connectivity index (χ0n) is 9.99. The topological polar surface area (TPSA) is 38.3 Å². The Hall–Kier alpha value is -0.620. The molecule has 1 aromatic carbocycles. The van der Waals surface area contributed by atoms with E-state index < -0.39 is 0 Å². The average Bonchev–Trinajstić information content (AvgIpc) is 2.37. The van der Waals surface area contributed by atoms with Gasteiger partial charge in [-0.05, 0) is 18.4 Å². The molecule has 17 heavy (non-hydrogen) atoms. The standard InChI is InChI=1S/C13H18INO2/c1-2-3-9-17-13(16)12(15-14)10-11-7-5-4-6-8-11/h4-8,12,15H,2-3,9-10H2,1H3. The van der Waals surface area contributed by atoms with Crippen LogP contribution in [0.5, 0.6) is 0 Å². The fourth-order valence-corrected chi connectivity index (χ4v) is 1.91. The summed E-state index contributed by atoms with van der Waals surface area (Å²) in [5, 5.41) is 0. The number of unbranched alkanes of at least 4 members (excludes halogenated alkanes) is 1. The van der Waals surface area contributed by atoms with E-state index in [0.29, 0.717) is 13.0 Å². The van der Waals surface area contributed by atoms with E-state index in [1.54, 1.807) is 0 Å². The molecule has 0 aliphatic rings. The number of rotatable bonds is 7. The number of hydrogen-bond donors (Lipinski definition) is 1. The molecule has 0 saturated carbocycles. The van der Waals surface area contributed by atoms with E-state index in [1.165, 1.54) is 0 Å². The molecule has 3 nitrogen and oxygen atoms in total. The van der Waals surface area contributed by atoms with Crippen LogP contribution in [0.3, 0.4) is 0 Å². The minimum Gasteiger partial charge on any atom is -0.465 e. The summed E-state index contributed by atoms with van der Waals surface area (Å²) in [6, 6.07) is 9.68. The van der Waals surface area contributed by atoms with Gasteiger partial charge >= 0.3 is 5.97 Å². The fraction of sp³-hybridized carbons (Fsp3) is 0.462. The van der Waals surface area contributed by atoms with Gasteiger partial charge in [0, 0.05) is 22.9 Å². The predicted octanol–water partition coefficient (Wildman–Crippen LogP) is 2.88. The van der Waals surface area contributed by atoms with Crippen LogP contribution in [-0.2, 0) is 16.0 Å². The highest BCUT2D eigenvalue weighted by molar-refractivity contribution is 14.1. The Bertz CT molecular complexity index is 329. The van der Waals surface area contributed by atoms with E-state index in [1.807, 2.05) is 53.2 Å². The first-order chi connectivity index (χ1) is 8.27. The Balaban J connectivity index is 2.45. The molecule has 0 bridgehead atoms. The minimum absolute atomic E-state index is 0.170. The SMILES string of the molecule is CCCCOC(=O)C(Cc1ccccc1)NI. The van der Waals surface area contributed by atoms with E-state index in [9.17, 15) is 4.79 Å². The first-order valence-corrected chi connectivity index (χ1v) is 6.92. The lowest BCUT2D eigenvalue weighted by molar-refractivity contribution is -0.145. The zero-order valence-corrected chi connectivity index (χ0v) is 12.1. The van der Waals surface area contributed by atoms with Gasteiger partial charge in [0.05, 0.1) is 6.61 Å². The molecule has 94 valence electrons. The van der Waals surface area contributed by atoms with Crippen molar-refractivity contribution in [2.45, 2.75) is 32.2 Å². The number of carbonyl (C=O) groups excluding carboxylic acids is 1. The third-order valence-electron chi connectivity index (χ3n) is 2.44. The fourth-order valence-electron chi connectivity index (χ4n) is 1.43. The summed E-state index contributed by atoms with van der Waals surface area (Å²) in [6.07, 6.45) is 2.62. The van der Waals surface area contributed by atoms with Gasteiger partial charge in [-0.15, -0.1) is 0 Å². The number of hydrogen-bond acceptors (Lipinski definition) is 3. The first kappa shape index (κ1) is 14.4. The molecule has 1 rings (SSSR count). The normalized spacial score (nSPS) is 12.1. The van der Waals surface area contributed by atoms with Crippen LogP contribution < -0.4 is 3.53 Å². The maximum absolute atomic E-state index is 11.8. The lowest BCUT2D eigenvalue weighted by atomic mass is 10.1. The van der Waals surface area contributed by atoms with Crippen molar-refractivity contribution < 1.29 is 9.53 Å². The van der Waals surface area contributed by atoms with Crippen LogP contribution in [0.2, 0.25) is 0 Å². The Morgan fingerprint density at radius 3 is 2.71 bits per heavy atom. The van der Waals surface area contributed by atoms with Gasteiger partial charge in [-0.25, -0.2) is 3.53 Å². The molecular weight excluding hydrogens is 329 g/mol. The second-order valence-corrected chi connectivity index (χ2v) is 4.50. The predicted molar refractivity (Wildman–Crippen MR) is 77.0 cm³/mol. The highest BCUT2D eigenvalue weighted by Gasteiger charge is 2.18. The number of esters is 1. The Morgan fingerprint density at radius 1 is 1.41 bits per heavy atom. The molecule has 0 saturated heterocycles. The lowest BCUT2D eigenvalue weighted by Crippen LogP contribution is -2.34. The maximum atomic E-state index is 11.8. The molecule has 4 heteroatoms. The molecule has 0 fully saturated rings. The molecule has 0 spiro atoms. The van der Waals surface area contributed by atoms with Crippen molar-refractivity contribution in [2.75, 3.05) is 6.61 Å². The molecule has 1 aromatic rings. The van der Waals surface area contributed by atoms with Gasteiger partial charge in [0.1, 0.15) is 6.04 Å². The van der Waals surface area contributed by atoms with Gasteiger partial charge in [-0.2, -0.15) is 0 Å². The number of halogens is 1. The molecular formula is C13H18INO2. The van der Waals surface area contributed by atoms with E-state index in [-0.39, 0.29) is 12.0 Å². The molecule has 0 aliphatic heterocycles. The highest BCUT2D eigenvalue weighted by Crippen LogP contribution is 2.06. The molecule has 1 unspecified atom stereocenters. The van der Waals surface area contributed by atoms with Gasteiger partial charge in [0.2, 0.25) is 0 Å². The van der Waals surface area contributed by atoms with Crippen molar-refractivity contribution in [3.8, 4) is 0 Å². The summed E-state index contributed by atoms with van der Waals surface area (Å²) in [6.45, 7) is 2.59. The first-order valence-electron chi connectivity index (χ1n) is 5.84. The number of nitrogens with one attached hydrogen (secondary N) is 1. The van der Waals surface area contributed by atoms with Crippen LogP contribution in [0.1, 0.15) is 25.3 Å². The molecule has 0 aromatic heterocycles. The van der Waals surface area contributed by atoms with Gasteiger partial charge < -0.3 is 4.74 Å². The van der Waals surface area contributed by atoms with Gasteiger partial charge in [-0.1, -0.05) is 43.7 Å². The average molecular weight is 347 g/mol. The quantitative estimate of drug-likeness (QED) is 0.357. The van der Waals surface area contributed by atoms with E-state index in [4.69, 9.17) is 4.74 Å². The van der Waals surface area contributed by atoms with Gasteiger partial charge in [0.15, 0.2) is 0 Å². The number of carbonyl (C=O) groups is 1.